The van der Waals surface area contributed by atoms with E-state index < -0.39 is 5.97 Å². The van der Waals surface area contributed by atoms with Crippen LogP contribution in [0.3, 0.4) is 0 Å². The van der Waals surface area contributed by atoms with Gasteiger partial charge in [-0.2, -0.15) is 0 Å². The molecule has 2 nitrogen and oxygen atoms in total. The minimum absolute atomic E-state index is 0.923. The molecule has 0 fully saturated rings. The maximum atomic E-state index is 10.2. The van der Waals surface area contributed by atoms with E-state index in [1.165, 1.54) is 51.0 Å². The van der Waals surface area contributed by atoms with Gasteiger partial charge in [0.15, 0.2) is 0 Å². The van der Waals surface area contributed by atoms with E-state index in [9.17, 15) is 4.79 Å². The van der Waals surface area contributed by atoms with Crippen molar-refractivity contribution in [1.29, 1.82) is 0 Å². The molecule has 0 aromatic carbocycles. The van der Waals surface area contributed by atoms with Crippen molar-refractivity contribution in [3.63, 3.8) is 0 Å². The second-order valence-electron chi connectivity index (χ2n) is 4.81. The first kappa shape index (κ1) is 18.4. The van der Waals surface area contributed by atoms with Crippen molar-refractivity contribution < 1.29 is 9.90 Å². The highest BCUT2D eigenvalue weighted by molar-refractivity contribution is 5.80. The zero-order valence-corrected chi connectivity index (χ0v) is 12.6. The van der Waals surface area contributed by atoms with Crippen LogP contribution in [0, 0.1) is 0 Å². The summed E-state index contributed by atoms with van der Waals surface area (Å²) in [6.07, 6.45) is 24.8. The van der Waals surface area contributed by atoms with Crippen molar-refractivity contribution in [2.45, 2.75) is 58.3 Å². The van der Waals surface area contributed by atoms with Crippen LogP contribution >= 0.6 is 0 Å². The van der Waals surface area contributed by atoms with Crippen molar-refractivity contribution in [1.82, 2.24) is 0 Å². The number of hydrogen-bond acceptors (Lipinski definition) is 1. The zero-order chi connectivity index (χ0) is 14.9. The Bertz CT molecular complexity index is 335. The fraction of sp³-hybridized carbons (Fsp3) is 0.500. The normalized spacial score (nSPS) is 12.4. The lowest BCUT2D eigenvalue weighted by Crippen LogP contribution is -1.84. The number of carboxylic acid groups (broad SMARTS) is 1. The Balaban J connectivity index is 3.41. The minimum Gasteiger partial charge on any atom is -0.478 e. The van der Waals surface area contributed by atoms with E-state index in [-0.39, 0.29) is 0 Å². The van der Waals surface area contributed by atoms with Crippen molar-refractivity contribution in [2.24, 2.45) is 0 Å². The van der Waals surface area contributed by atoms with E-state index in [1.807, 2.05) is 24.3 Å². The number of rotatable bonds is 12. The Morgan fingerprint density at radius 2 is 1.35 bits per heavy atom. The van der Waals surface area contributed by atoms with Gasteiger partial charge in [-0.15, -0.1) is 0 Å². The molecular weight excluding hydrogens is 248 g/mol. The number of carbonyl (C=O) groups is 1. The van der Waals surface area contributed by atoms with Crippen molar-refractivity contribution >= 4 is 5.97 Å². The molecule has 0 aliphatic carbocycles. The van der Waals surface area contributed by atoms with Crippen LogP contribution in [0.25, 0.3) is 0 Å². The molecule has 0 aromatic rings. The number of hydrogen-bond donors (Lipinski definition) is 1. The van der Waals surface area contributed by atoms with Crippen LogP contribution in [0.4, 0.5) is 0 Å². The summed E-state index contributed by atoms with van der Waals surface area (Å²) in [4.78, 5) is 10.2. The maximum Gasteiger partial charge on any atom is 0.328 e. The van der Waals surface area contributed by atoms with Crippen molar-refractivity contribution in [2.75, 3.05) is 0 Å². The van der Waals surface area contributed by atoms with Gasteiger partial charge in [0, 0.05) is 6.08 Å². The first-order chi connectivity index (χ1) is 9.77. The van der Waals surface area contributed by atoms with Gasteiger partial charge in [0.05, 0.1) is 0 Å². The summed E-state index contributed by atoms with van der Waals surface area (Å²) in [6, 6.07) is 0. The average Bonchev–Trinajstić information content (AvgIpc) is 2.43. The van der Waals surface area contributed by atoms with Crippen LogP contribution in [0.1, 0.15) is 58.3 Å². The first-order valence-electron chi connectivity index (χ1n) is 7.67. The minimum atomic E-state index is -0.923. The number of carboxylic acids is 1. The number of unbranched alkanes of at least 4 members (excludes halogenated alkanes) is 7. The van der Waals surface area contributed by atoms with Gasteiger partial charge in [0.25, 0.3) is 0 Å². The molecule has 0 aliphatic heterocycles. The summed E-state index contributed by atoms with van der Waals surface area (Å²) in [7, 11) is 0. The molecule has 0 bridgehead atoms. The van der Waals surface area contributed by atoms with Crippen molar-refractivity contribution in [3.8, 4) is 0 Å². The summed E-state index contributed by atoms with van der Waals surface area (Å²) in [5.41, 5.74) is 0. The molecule has 0 heterocycles. The quantitative estimate of drug-likeness (QED) is 0.293. The van der Waals surface area contributed by atoms with Gasteiger partial charge in [-0.1, -0.05) is 88.0 Å². The lowest BCUT2D eigenvalue weighted by atomic mass is 10.1. The lowest BCUT2D eigenvalue weighted by Gasteiger charge is -1.98. The standard InChI is InChI=1S/C18H28O2/c1-2-3-4-5-6-7-8-9-10-11-12-13-14-15-16-17-18(19)20/h10-17H,2-9H2,1H3,(H,19,20)/b11-10?,13-12?,15-14?,17-16-. The summed E-state index contributed by atoms with van der Waals surface area (Å²) < 4.78 is 0. The molecule has 2 heteroatoms. The Labute approximate surface area is 123 Å². The third-order valence-corrected chi connectivity index (χ3v) is 2.90. The smallest absolute Gasteiger partial charge is 0.328 e. The second-order valence-corrected chi connectivity index (χ2v) is 4.81. The molecule has 0 unspecified atom stereocenters. The topological polar surface area (TPSA) is 37.3 Å². The Kier molecular flexibility index (Phi) is 14.3. The summed E-state index contributed by atoms with van der Waals surface area (Å²) >= 11 is 0. The van der Waals surface area contributed by atoms with Gasteiger partial charge in [-0.3, -0.25) is 0 Å². The van der Waals surface area contributed by atoms with Crippen LogP contribution in [-0.2, 0) is 4.79 Å². The Morgan fingerprint density at radius 1 is 0.800 bits per heavy atom. The molecule has 0 spiro atoms. The number of allylic oxidation sites excluding steroid dienone is 7. The third-order valence-electron chi connectivity index (χ3n) is 2.90. The van der Waals surface area contributed by atoms with Gasteiger partial charge in [-0.25, -0.2) is 4.79 Å². The summed E-state index contributed by atoms with van der Waals surface area (Å²) in [5.74, 6) is -0.923. The molecule has 1 N–H and O–H groups in total. The van der Waals surface area contributed by atoms with Crippen LogP contribution in [0.2, 0.25) is 0 Å². The highest BCUT2D eigenvalue weighted by atomic mass is 16.4. The van der Waals surface area contributed by atoms with Gasteiger partial charge in [0.1, 0.15) is 0 Å². The van der Waals surface area contributed by atoms with E-state index in [0.29, 0.717) is 0 Å². The SMILES string of the molecule is CCCCCCCCCC=CC=CC=C/C=C\C(=O)O. The molecular formula is C18H28O2. The Morgan fingerprint density at radius 3 is 2.00 bits per heavy atom. The predicted octanol–water partition coefficient (Wildman–Crippen LogP) is 5.44. The molecule has 0 saturated carbocycles. The van der Waals surface area contributed by atoms with Gasteiger partial charge < -0.3 is 5.11 Å². The van der Waals surface area contributed by atoms with E-state index in [2.05, 4.69) is 13.0 Å². The zero-order valence-electron chi connectivity index (χ0n) is 12.6. The molecule has 0 radical (unpaired) electrons. The van der Waals surface area contributed by atoms with Crippen LogP contribution in [0.15, 0.2) is 48.6 Å². The average molecular weight is 276 g/mol. The maximum absolute atomic E-state index is 10.2. The molecule has 0 rings (SSSR count). The van der Waals surface area contributed by atoms with Crippen molar-refractivity contribution in [3.05, 3.63) is 48.6 Å². The van der Waals surface area contributed by atoms with Crippen LogP contribution in [-0.4, -0.2) is 11.1 Å². The first-order valence-corrected chi connectivity index (χ1v) is 7.67. The van der Waals surface area contributed by atoms with Gasteiger partial charge >= 0.3 is 5.97 Å². The summed E-state index contributed by atoms with van der Waals surface area (Å²) in [6.45, 7) is 2.25. The monoisotopic (exact) mass is 276 g/mol. The van der Waals surface area contributed by atoms with E-state index in [0.717, 1.165) is 12.5 Å². The van der Waals surface area contributed by atoms with Crippen LogP contribution in [0.5, 0.6) is 0 Å². The lowest BCUT2D eigenvalue weighted by molar-refractivity contribution is -0.131. The van der Waals surface area contributed by atoms with E-state index >= 15 is 0 Å². The molecule has 0 aliphatic rings. The number of aliphatic carboxylic acids is 1. The largest absolute Gasteiger partial charge is 0.478 e. The summed E-state index contributed by atoms with van der Waals surface area (Å²) in [5, 5.41) is 8.37. The molecule has 0 saturated heterocycles. The fourth-order valence-corrected chi connectivity index (χ4v) is 1.79. The molecule has 112 valence electrons. The predicted molar refractivity (Wildman–Crippen MR) is 86.8 cm³/mol. The highest BCUT2D eigenvalue weighted by Gasteiger charge is 1.88. The molecule has 20 heavy (non-hydrogen) atoms. The highest BCUT2D eigenvalue weighted by Crippen LogP contribution is 2.08. The van der Waals surface area contributed by atoms with Gasteiger partial charge in [-0.05, 0) is 12.8 Å². The third kappa shape index (κ3) is 16.4. The van der Waals surface area contributed by atoms with E-state index in [4.69, 9.17) is 5.11 Å². The fourth-order valence-electron chi connectivity index (χ4n) is 1.79. The van der Waals surface area contributed by atoms with Gasteiger partial charge in [0.2, 0.25) is 0 Å². The molecule has 0 amide bonds. The van der Waals surface area contributed by atoms with Crippen LogP contribution < -0.4 is 0 Å². The Hall–Kier alpha value is -1.57. The molecule has 0 aromatic heterocycles. The second kappa shape index (κ2) is 15.5. The van der Waals surface area contributed by atoms with E-state index in [1.54, 1.807) is 6.08 Å². The molecule has 0 atom stereocenters.